The molecular weight excluding hydrogens is 278 g/mol. The van der Waals surface area contributed by atoms with Crippen LogP contribution in [0.4, 0.5) is 5.69 Å². The molecule has 0 amide bonds. The summed E-state index contributed by atoms with van der Waals surface area (Å²) >= 11 is 3.48. The number of nitrogens with two attached hydrogens (primary N) is 1. The van der Waals surface area contributed by atoms with Crippen molar-refractivity contribution in [3.63, 3.8) is 0 Å². The SMILES string of the molecule is CC1CCC(Oc2cccc(N)c2Br)CC1C. The Bertz CT molecular complexity index is 394. The van der Waals surface area contributed by atoms with Gasteiger partial charge in [-0.25, -0.2) is 0 Å². The van der Waals surface area contributed by atoms with Crippen LogP contribution < -0.4 is 10.5 Å². The molecule has 0 aliphatic heterocycles. The van der Waals surface area contributed by atoms with E-state index in [2.05, 4.69) is 29.8 Å². The molecule has 3 heteroatoms. The lowest BCUT2D eigenvalue weighted by Crippen LogP contribution is -2.28. The van der Waals surface area contributed by atoms with Crippen molar-refractivity contribution in [1.29, 1.82) is 0 Å². The number of hydrogen-bond acceptors (Lipinski definition) is 2. The van der Waals surface area contributed by atoms with E-state index in [9.17, 15) is 0 Å². The fraction of sp³-hybridized carbons (Fsp3) is 0.571. The van der Waals surface area contributed by atoms with Crippen LogP contribution in [0.15, 0.2) is 22.7 Å². The van der Waals surface area contributed by atoms with Gasteiger partial charge in [0.25, 0.3) is 0 Å². The van der Waals surface area contributed by atoms with Gasteiger partial charge in [-0.05, 0) is 59.2 Å². The molecule has 3 unspecified atom stereocenters. The predicted octanol–water partition coefficient (Wildman–Crippen LogP) is 4.23. The molecule has 0 spiro atoms. The Hall–Kier alpha value is -0.700. The highest BCUT2D eigenvalue weighted by molar-refractivity contribution is 9.10. The van der Waals surface area contributed by atoms with E-state index in [-0.39, 0.29) is 0 Å². The molecule has 0 radical (unpaired) electrons. The predicted molar refractivity (Wildman–Crippen MR) is 75.1 cm³/mol. The molecule has 2 rings (SSSR count). The lowest BCUT2D eigenvalue weighted by molar-refractivity contribution is 0.1000. The summed E-state index contributed by atoms with van der Waals surface area (Å²) in [6.07, 6.45) is 3.88. The van der Waals surface area contributed by atoms with Gasteiger partial charge in [-0.15, -0.1) is 0 Å². The third-order valence-corrected chi connectivity index (χ3v) is 4.69. The van der Waals surface area contributed by atoms with E-state index in [0.29, 0.717) is 6.10 Å². The number of rotatable bonds is 2. The van der Waals surface area contributed by atoms with Crippen LogP contribution in [-0.2, 0) is 0 Å². The molecule has 1 aliphatic carbocycles. The van der Waals surface area contributed by atoms with Crippen LogP contribution in [0.25, 0.3) is 0 Å². The molecule has 1 aliphatic rings. The Balaban J connectivity index is 2.04. The first-order valence-corrected chi connectivity index (χ1v) is 7.08. The summed E-state index contributed by atoms with van der Waals surface area (Å²) in [6, 6.07) is 5.79. The van der Waals surface area contributed by atoms with Crippen LogP contribution in [0.1, 0.15) is 33.1 Å². The Kier molecular flexibility index (Phi) is 3.97. The van der Waals surface area contributed by atoms with E-state index >= 15 is 0 Å². The molecule has 0 aromatic heterocycles. The second-order valence-corrected chi connectivity index (χ2v) is 5.96. The maximum absolute atomic E-state index is 6.06. The maximum Gasteiger partial charge on any atom is 0.135 e. The third kappa shape index (κ3) is 2.95. The van der Waals surface area contributed by atoms with Crippen LogP contribution in [0.5, 0.6) is 5.75 Å². The summed E-state index contributed by atoms with van der Waals surface area (Å²) in [4.78, 5) is 0. The summed E-state index contributed by atoms with van der Waals surface area (Å²) < 4.78 is 6.94. The van der Waals surface area contributed by atoms with Crippen molar-refractivity contribution >= 4 is 21.6 Å². The molecule has 2 N–H and O–H groups in total. The molecule has 1 fully saturated rings. The van der Waals surface area contributed by atoms with Gasteiger partial charge in [0, 0.05) is 5.69 Å². The molecule has 94 valence electrons. The van der Waals surface area contributed by atoms with Gasteiger partial charge in [0.05, 0.1) is 10.6 Å². The lowest BCUT2D eigenvalue weighted by Gasteiger charge is -2.32. The van der Waals surface area contributed by atoms with E-state index in [1.165, 1.54) is 6.42 Å². The normalized spacial score (nSPS) is 29.0. The zero-order valence-corrected chi connectivity index (χ0v) is 12.0. The molecule has 1 aromatic carbocycles. The standard InChI is InChI=1S/C14H20BrNO/c1-9-6-7-11(8-10(9)2)17-13-5-3-4-12(16)14(13)15/h3-5,9-11H,6-8,16H2,1-2H3. The van der Waals surface area contributed by atoms with E-state index in [0.717, 1.165) is 40.6 Å². The zero-order chi connectivity index (χ0) is 12.4. The Morgan fingerprint density at radius 1 is 1.24 bits per heavy atom. The maximum atomic E-state index is 6.06. The first kappa shape index (κ1) is 12.7. The third-order valence-electron chi connectivity index (χ3n) is 3.84. The van der Waals surface area contributed by atoms with Gasteiger partial charge in [-0.1, -0.05) is 19.9 Å². The van der Waals surface area contributed by atoms with Crippen LogP contribution in [0.2, 0.25) is 0 Å². The minimum atomic E-state index is 0.333. The number of anilines is 1. The zero-order valence-electron chi connectivity index (χ0n) is 10.4. The van der Waals surface area contributed by atoms with Gasteiger partial charge in [0.1, 0.15) is 5.75 Å². The van der Waals surface area contributed by atoms with Crippen molar-refractivity contribution < 1.29 is 4.74 Å². The number of nitrogen functional groups attached to an aromatic ring is 1. The van der Waals surface area contributed by atoms with Gasteiger partial charge in [0.2, 0.25) is 0 Å². The number of benzene rings is 1. The van der Waals surface area contributed by atoms with Crippen molar-refractivity contribution in [3.05, 3.63) is 22.7 Å². The molecule has 0 saturated heterocycles. The molecule has 1 saturated carbocycles. The Labute approximate surface area is 112 Å². The van der Waals surface area contributed by atoms with Gasteiger partial charge < -0.3 is 10.5 Å². The Morgan fingerprint density at radius 3 is 2.71 bits per heavy atom. The number of hydrogen-bond donors (Lipinski definition) is 1. The van der Waals surface area contributed by atoms with Crippen LogP contribution >= 0.6 is 15.9 Å². The van der Waals surface area contributed by atoms with Crippen molar-refractivity contribution in [2.75, 3.05) is 5.73 Å². The quantitative estimate of drug-likeness (QED) is 0.829. The van der Waals surface area contributed by atoms with Gasteiger partial charge in [0.15, 0.2) is 0 Å². The fourth-order valence-corrected chi connectivity index (χ4v) is 2.76. The van der Waals surface area contributed by atoms with E-state index in [4.69, 9.17) is 10.5 Å². The second kappa shape index (κ2) is 5.30. The summed E-state index contributed by atoms with van der Waals surface area (Å²) in [5.74, 6) is 2.43. The number of ether oxygens (including phenoxy) is 1. The monoisotopic (exact) mass is 297 g/mol. The molecule has 17 heavy (non-hydrogen) atoms. The smallest absolute Gasteiger partial charge is 0.135 e. The van der Waals surface area contributed by atoms with Crippen molar-refractivity contribution in [2.24, 2.45) is 11.8 Å². The topological polar surface area (TPSA) is 35.2 Å². The highest BCUT2D eigenvalue weighted by Crippen LogP contribution is 2.35. The van der Waals surface area contributed by atoms with E-state index in [1.807, 2.05) is 18.2 Å². The molecule has 3 atom stereocenters. The average Bonchev–Trinajstić information content (AvgIpc) is 2.30. The molecule has 1 aromatic rings. The largest absolute Gasteiger partial charge is 0.489 e. The molecule has 0 bridgehead atoms. The average molecular weight is 298 g/mol. The molecule has 0 heterocycles. The first-order valence-electron chi connectivity index (χ1n) is 6.28. The van der Waals surface area contributed by atoms with Gasteiger partial charge >= 0.3 is 0 Å². The summed E-state index contributed by atoms with van der Waals surface area (Å²) in [7, 11) is 0. The minimum Gasteiger partial charge on any atom is -0.489 e. The summed E-state index contributed by atoms with van der Waals surface area (Å²) in [6.45, 7) is 4.64. The van der Waals surface area contributed by atoms with Crippen molar-refractivity contribution in [3.8, 4) is 5.75 Å². The summed E-state index contributed by atoms with van der Waals surface area (Å²) in [5.41, 5.74) is 6.58. The van der Waals surface area contributed by atoms with Crippen molar-refractivity contribution in [1.82, 2.24) is 0 Å². The Morgan fingerprint density at radius 2 is 2.00 bits per heavy atom. The highest BCUT2D eigenvalue weighted by Gasteiger charge is 2.26. The minimum absolute atomic E-state index is 0.333. The van der Waals surface area contributed by atoms with Gasteiger partial charge in [-0.3, -0.25) is 0 Å². The highest BCUT2D eigenvalue weighted by atomic mass is 79.9. The van der Waals surface area contributed by atoms with Gasteiger partial charge in [-0.2, -0.15) is 0 Å². The van der Waals surface area contributed by atoms with E-state index < -0.39 is 0 Å². The second-order valence-electron chi connectivity index (χ2n) is 5.17. The van der Waals surface area contributed by atoms with Crippen molar-refractivity contribution in [2.45, 2.75) is 39.2 Å². The fourth-order valence-electron chi connectivity index (χ4n) is 2.40. The van der Waals surface area contributed by atoms with Crippen LogP contribution in [-0.4, -0.2) is 6.10 Å². The number of halogens is 1. The van der Waals surface area contributed by atoms with E-state index in [1.54, 1.807) is 0 Å². The molecule has 2 nitrogen and oxygen atoms in total. The summed E-state index contributed by atoms with van der Waals surface area (Å²) in [5, 5.41) is 0. The van der Waals surface area contributed by atoms with Crippen LogP contribution in [0, 0.1) is 11.8 Å². The lowest BCUT2D eigenvalue weighted by atomic mass is 9.80. The van der Waals surface area contributed by atoms with Crippen LogP contribution in [0.3, 0.4) is 0 Å². The molecular formula is C14H20BrNO. The first-order chi connectivity index (χ1) is 8.08.